The molecule has 2 heterocycles. The molecule has 1 aliphatic heterocycles. The largest absolute Gasteiger partial charge is 0.452 e. The summed E-state index contributed by atoms with van der Waals surface area (Å²) in [5, 5.41) is 3.61. The van der Waals surface area contributed by atoms with Crippen molar-refractivity contribution < 1.29 is 17.6 Å². The van der Waals surface area contributed by atoms with Gasteiger partial charge >= 0.3 is 0 Å². The Hall–Kier alpha value is -1.27. The lowest BCUT2D eigenvalue weighted by Crippen LogP contribution is -2.35. The number of amides is 1. The van der Waals surface area contributed by atoms with Crippen molar-refractivity contribution in [3.05, 3.63) is 34.6 Å². The van der Waals surface area contributed by atoms with Gasteiger partial charge in [-0.05, 0) is 23.7 Å². The Balaban J connectivity index is 2.05. The van der Waals surface area contributed by atoms with Crippen LogP contribution in [0.25, 0.3) is 0 Å². The Morgan fingerprint density at radius 2 is 2.31 bits per heavy atom. The van der Waals surface area contributed by atoms with Crippen LogP contribution < -0.4 is 5.32 Å². The third-order valence-electron chi connectivity index (χ3n) is 2.11. The first-order valence-corrected chi connectivity index (χ1v) is 6.52. The molecule has 2 rings (SSSR count). The van der Waals surface area contributed by atoms with Gasteiger partial charge in [0.1, 0.15) is 0 Å². The molecule has 1 atom stereocenters. The van der Waals surface area contributed by atoms with Crippen LogP contribution in [0.1, 0.15) is 10.4 Å². The molecule has 0 radical (unpaired) electrons. The van der Waals surface area contributed by atoms with Gasteiger partial charge in [-0.15, -0.1) is 0 Å². The van der Waals surface area contributed by atoms with Gasteiger partial charge in [-0.2, -0.15) is 0 Å². The van der Waals surface area contributed by atoms with Crippen molar-refractivity contribution in [1.82, 2.24) is 5.32 Å². The number of carbonyl (C=O) groups excluding carboxylic acids is 1. The van der Waals surface area contributed by atoms with E-state index in [2.05, 4.69) is 5.32 Å². The zero-order valence-corrected chi connectivity index (χ0v) is 9.59. The minimum absolute atomic E-state index is 0.0117. The molecule has 1 aromatic heterocycles. The summed E-state index contributed by atoms with van der Waals surface area (Å²) in [5.41, 5.74) is 0.194. The van der Waals surface area contributed by atoms with Crippen molar-refractivity contribution in [3.8, 4) is 0 Å². The molecule has 1 aliphatic rings. The Morgan fingerprint density at radius 1 is 1.56 bits per heavy atom. The first kappa shape index (κ1) is 11.2. The average molecular weight is 262 g/mol. The minimum Gasteiger partial charge on any atom is -0.452 e. The van der Waals surface area contributed by atoms with Crippen molar-refractivity contribution in [2.24, 2.45) is 0 Å². The van der Waals surface area contributed by atoms with Gasteiger partial charge in [0.05, 0.1) is 23.6 Å². The zero-order valence-electron chi connectivity index (χ0n) is 8.01. The van der Waals surface area contributed by atoms with E-state index in [1.807, 2.05) is 0 Å². The molecule has 1 N–H and O–H groups in total. The van der Waals surface area contributed by atoms with Crippen molar-refractivity contribution >= 4 is 27.3 Å². The Kier molecular flexibility index (Phi) is 2.77. The molecular formula is C9H8ClNO4S. The maximum Gasteiger partial charge on any atom is 0.256 e. The van der Waals surface area contributed by atoms with Crippen LogP contribution in [-0.4, -0.2) is 26.1 Å². The van der Waals surface area contributed by atoms with E-state index < -0.39 is 21.8 Å². The van der Waals surface area contributed by atoms with Crippen molar-refractivity contribution in [1.29, 1.82) is 0 Å². The summed E-state index contributed by atoms with van der Waals surface area (Å²) in [7, 11) is -3.17. The predicted octanol–water partition coefficient (Wildman–Crippen LogP) is 0.974. The maximum atomic E-state index is 11.6. The molecule has 0 aromatic carbocycles. The van der Waals surface area contributed by atoms with Crippen LogP contribution in [0.4, 0.5) is 0 Å². The third-order valence-corrected chi connectivity index (χ3v) is 3.80. The number of rotatable bonds is 2. The Bertz CT molecular complexity index is 546. The first-order valence-electron chi connectivity index (χ1n) is 4.43. The molecule has 0 fully saturated rings. The number of furan rings is 1. The van der Waals surface area contributed by atoms with E-state index in [1.54, 1.807) is 0 Å². The number of hydrogen-bond acceptors (Lipinski definition) is 4. The molecule has 1 amide bonds. The van der Waals surface area contributed by atoms with Gasteiger partial charge in [-0.25, -0.2) is 8.42 Å². The molecule has 1 aromatic rings. The number of nitrogens with one attached hydrogen (secondary N) is 1. The fraction of sp³-hybridized carbons (Fsp3) is 0.222. The lowest BCUT2D eigenvalue weighted by Gasteiger charge is -2.08. The van der Waals surface area contributed by atoms with Crippen LogP contribution in [-0.2, 0) is 9.84 Å². The van der Waals surface area contributed by atoms with E-state index in [4.69, 9.17) is 16.0 Å². The standard InChI is InChI=1S/C9H8ClNO4S/c10-8-7(1-3-15-8)9(12)11-6-2-4-16(13,14)5-6/h1-4,6H,5H2,(H,11,12). The predicted molar refractivity (Wildman–Crippen MR) is 57.9 cm³/mol. The van der Waals surface area contributed by atoms with Gasteiger partial charge in [0, 0.05) is 5.41 Å². The molecule has 16 heavy (non-hydrogen) atoms. The van der Waals surface area contributed by atoms with Crippen LogP contribution in [0.5, 0.6) is 0 Å². The molecule has 0 saturated carbocycles. The highest BCUT2D eigenvalue weighted by Gasteiger charge is 2.24. The number of halogens is 1. The van der Waals surface area contributed by atoms with Gasteiger partial charge in [-0.1, -0.05) is 0 Å². The number of carbonyl (C=O) groups is 1. The lowest BCUT2D eigenvalue weighted by molar-refractivity contribution is 0.0947. The molecule has 0 saturated heterocycles. The molecule has 5 nitrogen and oxygen atoms in total. The summed E-state index contributed by atoms with van der Waals surface area (Å²) >= 11 is 5.61. The molecule has 7 heteroatoms. The average Bonchev–Trinajstić information content (AvgIpc) is 2.72. The van der Waals surface area contributed by atoms with E-state index in [1.165, 1.54) is 18.4 Å². The summed E-state index contributed by atoms with van der Waals surface area (Å²) in [6.45, 7) is 0. The Morgan fingerprint density at radius 3 is 2.81 bits per heavy atom. The van der Waals surface area contributed by atoms with Crippen molar-refractivity contribution in [2.45, 2.75) is 6.04 Å². The zero-order chi connectivity index (χ0) is 11.8. The highest BCUT2D eigenvalue weighted by atomic mass is 35.5. The van der Waals surface area contributed by atoms with Crippen molar-refractivity contribution in [2.75, 3.05) is 5.75 Å². The van der Waals surface area contributed by atoms with E-state index in [9.17, 15) is 13.2 Å². The normalized spacial score (nSPS) is 22.2. The topological polar surface area (TPSA) is 76.4 Å². The van der Waals surface area contributed by atoms with Crippen LogP contribution >= 0.6 is 11.6 Å². The van der Waals surface area contributed by atoms with E-state index >= 15 is 0 Å². The van der Waals surface area contributed by atoms with Crippen molar-refractivity contribution in [3.63, 3.8) is 0 Å². The second-order valence-corrected chi connectivity index (χ2v) is 5.62. The Labute approximate surface area is 97.0 Å². The van der Waals surface area contributed by atoms with Crippen LogP contribution in [0.3, 0.4) is 0 Å². The SMILES string of the molecule is O=C(NC1C=CS(=O)(=O)C1)c1ccoc1Cl. The van der Waals surface area contributed by atoms with Crippen LogP contribution in [0, 0.1) is 0 Å². The summed E-state index contributed by atoms with van der Waals surface area (Å²) in [6.07, 6.45) is 2.72. The van der Waals surface area contributed by atoms with Gasteiger partial charge < -0.3 is 9.73 Å². The van der Waals surface area contributed by atoms with Gasteiger partial charge in [0.2, 0.25) is 5.22 Å². The number of hydrogen-bond donors (Lipinski definition) is 1. The summed E-state index contributed by atoms with van der Waals surface area (Å²) in [6, 6.07) is 0.911. The van der Waals surface area contributed by atoms with Gasteiger partial charge in [0.25, 0.3) is 5.91 Å². The summed E-state index contributed by atoms with van der Waals surface area (Å²) in [4.78, 5) is 11.6. The maximum absolute atomic E-state index is 11.6. The highest BCUT2D eigenvalue weighted by Crippen LogP contribution is 2.17. The molecule has 0 aliphatic carbocycles. The molecule has 0 spiro atoms. The van der Waals surface area contributed by atoms with E-state index in [-0.39, 0.29) is 16.5 Å². The summed E-state index contributed by atoms with van der Waals surface area (Å²) < 4.78 is 26.9. The summed E-state index contributed by atoms with van der Waals surface area (Å²) in [5.74, 6) is -0.570. The second-order valence-electron chi connectivity index (χ2n) is 3.35. The lowest BCUT2D eigenvalue weighted by atomic mass is 10.2. The molecular weight excluding hydrogens is 254 g/mol. The third kappa shape index (κ3) is 2.28. The first-order chi connectivity index (χ1) is 7.48. The van der Waals surface area contributed by atoms with Gasteiger partial charge in [0.15, 0.2) is 9.84 Å². The van der Waals surface area contributed by atoms with Gasteiger partial charge in [-0.3, -0.25) is 4.79 Å². The quantitative estimate of drug-likeness (QED) is 0.861. The molecule has 86 valence electrons. The fourth-order valence-electron chi connectivity index (χ4n) is 1.37. The fourth-order valence-corrected chi connectivity index (χ4v) is 2.80. The highest BCUT2D eigenvalue weighted by molar-refractivity contribution is 7.94. The van der Waals surface area contributed by atoms with E-state index in [0.717, 1.165) is 5.41 Å². The monoisotopic (exact) mass is 261 g/mol. The van der Waals surface area contributed by atoms with E-state index in [0.29, 0.717) is 0 Å². The smallest absolute Gasteiger partial charge is 0.256 e. The number of sulfone groups is 1. The molecule has 1 unspecified atom stereocenters. The van der Waals surface area contributed by atoms with Crippen LogP contribution in [0.15, 0.2) is 28.2 Å². The molecule has 0 bridgehead atoms. The second kappa shape index (κ2) is 3.95. The van der Waals surface area contributed by atoms with Crippen LogP contribution in [0.2, 0.25) is 5.22 Å². The minimum atomic E-state index is -3.17.